The molecule has 0 bridgehead atoms. The first-order valence-corrected chi connectivity index (χ1v) is 9.59. The normalized spacial score (nSPS) is 10.7. The van der Waals surface area contributed by atoms with Crippen molar-refractivity contribution in [1.29, 1.82) is 0 Å². The third-order valence-corrected chi connectivity index (χ3v) is 5.05. The van der Waals surface area contributed by atoms with Gasteiger partial charge in [-0.3, -0.25) is 9.59 Å². The summed E-state index contributed by atoms with van der Waals surface area (Å²) in [5.74, 6) is -0.0213. The molecular formula is C19H26N4O3S. The van der Waals surface area contributed by atoms with E-state index in [1.54, 1.807) is 45.5 Å². The highest BCUT2D eigenvalue weighted by Crippen LogP contribution is 2.21. The molecule has 27 heavy (non-hydrogen) atoms. The number of imidazole rings is 1. The lowest BCUT2D eigenvalue weighted by Crippen LogP contribution is -2.22. The zero-order chi connectivity index (χ0) is 20.0. The minimum atomic E-state index is -0.147. The molecule has 2 amide bonds. The van der Waals surface area contributed by atoms with E-state index in [-0.39, 0.29) is 17.6 Å². The second kappa shape index (κ2) is 9.57. The summed E-state index contributed by atoms with van der Waals surface area (Å²) in [6, 6.07) is 6.93. The summed E-state index contributed by atoms with van der Waals surface area (Å²) in [5, 5.41) is 3.64. The average Bonchev–Trinajstić information content (AvgIpc) is 2.91. The lowest BCUT2D eigenvalue weighted by atomic mass is 10.2. The van der Waals surface area contributed by atoms with E-state index in [0.717, 1.165) is 16.5 Å². The van der Waals surface area contributed by atoms with Gasteiger partial charge >= 0.3 is 0 Å². The highest BCUT2D eigenvalue weighted by molar-refractivity contribution is 7.99. The van der Waals surface area contributed by atoms with Crippen molar-refractivity contribution in [3.63, 3.8) is 0 Å². The molecule has 0 unspecified atom stereocenters. The minimum absolute atomic E-state index is 0.105. The zero-order valence-corrected chi connectivity index (χ0v) is 17.2. The van der Waals surface area contributed by atoms with Crippen molar-refractivity contribution < 1.29 is 14.3 Å². The summed E-state index contributed by atoms with van der Waals surface area (Å²) >= 11 is 1.38. The summed E-state index contributed by atoms with van der Waals surface area (Å²) in [4.78, 5) is 30.4. The van der Waals surface area contributed by atoms with Gasteiger partial charge in [0.15, 0.2) is 5.16 Å². The maximum Gasteiger partial charge on any atom is 0.253 e. The number of ether oxygens (including phenoxy) is 1. The molecule has 0 aliphatic carbocycles. The van der Waals surface area contributed by atoms with Gasteiger partial charge in [0.1, 0.15) is 0 Å². The number of carbonyl (C=O) groups excluding carboxylic acids is 2. The van der Waals surface area contributed by atoms with Gasteiger partial charge in [0.05, 0.1) is 18.1 Å². The van der Waals surface area contributed by atoms with Gasteiger partial charge in [-0.05, 0) is 32.0 Å². The Bertz CT molecular complexity index is 817. The monoisotopic (exact) mass is 390 g/mol. The molecule has 0 atom stereocenters. The van der Waals surface area contributed by atoms with Crippen LogP contribution in [0, 0.1) is 13.8 Å². The van der Waals surface area contributed by atoms with E-state index < -0.39 is 0 Å². The van der Waals surface area contributed by atoms with E-state index in [4.69, 9.17) is 4.74 Å². The Morgan fingerprint density at radius 2 is 2.04 bits per heavy atom. The van der Waals surface area contributed by atoms with Crippen LogP contribution < -0.4 is 5.32 Å². The van der Waals surface area contributed by atoms with Crippen molar-refractivity contribution in [2.45, 2.75) is 25.5 Å². The minimum Gasteiger partial charge on any atom is -0.383 e. The third kappa shape index (κ3) is 5.58. The van der Waals surface area contributed by atoms with Gasteiger partial charge in [0, 0.05) is 44.7 Å². The quantitative estimate of drug-likeness (QED) is 0.701. The highest BCUT2D eigenvalue weighted by Gasteiger charge is 2.14. The van der Waals surface area contributed by atoms with E-state index in [9.17, 15) is 9.59 Å². The Morgan fingerprint density at radius 1 is 1.30 bits per heavy atom. The number of hydrogen-bond donors (Lipinski definition) is 1. The molecule has 146 valence electrons. The second-order valence-electron chi connectivity index (χ2n) is 6.33. The molecule has 7 nitrogen and oxygen atoms in total. The molecule has 1 heterocycles. The van der Waals surface area contributed by atoms with Crippen molar-refractivity contribution in [2.75, 3.05) is 38.9 Å². The Kier molecular flexibility index (Phi) is 7.44. The molecule has 0 radical (unpaired) electrons. The molecule has 1 N–H and O–H groups in total. The summed E-state index contributed by atoms with van der Waals surface area (Å²) < 4.78 is 7.21. The molecule has 0 spiro atoms. The predicted molar refractivity (Wildman–Crippen MR) is 107 cm³/mol. The van der Waals surface area contributed by atoms with Crippen LogP contribution in [0.5, 0.6) is 0 Å². The first-order valence-electron chi connectivity index (χ1n) is 8.60. The van der Waals surface area contributed by atoms with Crippen molar-refractivity contribution >= 4 is 29.3 Å². The number of nitrogens with zero attached hydrogens (tertiary/aromatic N) is 3. The van der Waals surface area contributed by atoms with E-state index in [2.05, 4.69) is 14.9 Å². The van der Waals surface area contributed by atoms with Gasteiger partial charge in [-0.2, -0.15) is 0 Å². The summed E-state index contributed by atoms with van der Waals surface area (Å²) in [6.45, 7) is 5.25. The smallest absolute Gasteiger partial charge is 0.253 e. The molecule has 8 heteroatoms. The van der Waals surface area contributed by atoms with E-state index in [1.807, 2.05) is 13.8 Å². The average molecular weight is 391 g/mol. The van der Waals surface area contributed by atoms with Crippen molar-refractivity contribution in [1.82, 2.24) is 14.5 Å². The Hall–Kier alpha value is -2.32. The van der Waals surface area contributed by atoms with Crippen LogP contribution >= 0.6 is 11.8 Å². The number of aryl methyl sites for hydroxylation is 1. The largest absolute Gasteiger partial charge is 0.383 e. The van der Waals surface area contributed by atoms with Gasteiger partial charge in [0.2, 0.25) is 5.91 Å². The molecule has 2 rings (SSSR count). The van der Waals surface area contributed by atoms with Crippen molar-refractivity contribution in [2.24, 2.45) is 0 Å². The van der Waals surface area contributed by atoms with Crippen LogP contribution in [0.3, 0.4) is 0 Å². The highest BCUT2D eigenvalue weighted by atomic mass is 32.2. The van der Waals surface area contributed by atoms with Gasteiger partial charge in [-0.15, -0.1) is 0 Å². The fourth-order valence-corrected chi connectivity index (χ4v) is 3.41. The Morgan fingerprint density at radius 3 is 2.70 bits per heavy atom. The lowest BCUT2D eigenvalue weighted by Gasteiger charge is -2.12. The number of nitrogens with one attached hydrogen (secondary N) is 1. The van der Waals surface area contributed by atoms with Crippen molar-refractivity contribution in [3.8, 4) is 0 Å². The van der Waals surface area contributed by atoms with Crippen LogP contribution in [0.15, 0.2) is 29.4 Å². The topological polar surface area (TPSA) is 76.5 Å². The molecule has 1 aromatic heterocycles. The maximum absolute atomic E-state index is 12.3. The number of rotatable bonds is 8. The predicted octanol–water partition coefficient (Wildman–Crippen LogP) is 2.58. The van der Waals surface area contributed by atoms with Crippen LogP contribution in [0.1, 0.15) is 21.7 Å². The number of aromatic nitrogens is 2. The summed E-state index contributed by atoms with van der Waals surface area (Å²) in [5.41, 5.74) is 3.16. The molecule has 0 aliphatic heterocycles. The molecule has 0 saturated heterocycles. The number of methoxy groups -OCH3 is 1. The molecule has 0 saturated carbocycles. The van der Waals surface area contributed by atoms with Gasteiger partial charge in [0.25, 0.3) is 5.91 Å². The molecule has 1 aromatic carbocycles. The standard InChI is InChI=1S/C19H26N4O3S/c1-13-14(2)23(9-10-26-5)19(20-13)27-12-17(24)21-16-8-6-7-15(11-16)18(25)22(3)4/h6-8,11H,9-10,12H2,1-5H3,(H,21,24). The Balaban J connectivity index is 2.00. The number of amides is 2. The van der Waals surface area contributed by atoms with Crippen LogP contribution in [-0.2, 0) is 16.1 Å². The maximum atomic E-state index is 12.3. The van der Waals surface area contributed by atoms with Crippen LogP contribution in [0.2, 0.25) is 0 Å². The third-order valence-electron chi connectivity index (χ3n) is 4.07. The zero-order valence-electron chi connectivity index (χ0n) is 16.4. The number of anilines is 1. The SMILES string of the molecule is COCCn1c(SCC(=O)Nc2cccc(C(=O)N(C)C)c2)nc(C)c1C. The number of hydrogen-bond acceptors (Lipinski definition) is 5. The van der Waals surface area contributed by atoms with Gasteiger partial charge < -0.3 is 19.5 Å². The first-order chi connectivity index (χ1) is 12.8. The number of carbonyl (C=O) groups is 2. The fourth-order valence-electron chi connectivity index (χ4n) is 2.49. The van der Waals surface area contributed by atoms with E-state index >= 15 is 0 Å². The van der Waals surface area contributed by atoms with Gasteiger partial charge in [-0.25, -0.2) is 4.98 Å². The van der Waals surface area contributed by atoms with E-state index in [1.165, 1.54) is 16.7 Å². The second-order valence-corrected chi connectivity index (χ2v) is 7.27. The van der Waals surface area contributed by atoms with Crippen LogP contribution in [0.4, 0.5) is 5.69 Å². The fraction of sp³-hybridized carbons (Fsp3) is 0.421. The lowest BCUT2D eigenvalue weighted by molar-refractivity contribution is -0.113. The molecule has 0 fully saturated rings. The first kappa shape index (κ1) is 21.0. The number of thioether (sulfide) groups is 1. The summed E-state index contributed by atoms with van der Waals surface area (Å²) in [6.07, 6.45) is 0. The van der Waals surface area contributed by atoms with Crippen molar-refractivity contribution in [3.05, 3.63) is 41.2 Å². The van der Waals surface area contributed by atoms with E-state index in [0.29, 0.717) is 24.4 Å². The van der Waals surface area contributed by atoms with Crippen LogP contribution in [-0.4, -0.2) is 59.8 Å². The molecular weight excluding hydrogens is 364 g/mol. The number of benzene rings is 1. The summed E-state index contributed by atoms with van der Waals surface area (Å²) in [7, 11) is 5.05. The Labute approximate surface area is 164 Å². The van der Waals surface area contributed by atoms with Gasteiger partial charge in [-0.1, -0.05) is 17.8 Å². The van der Waals surface area contributed by atoms with Crippen LogP contribution in [0.25, 0.3) is 0 Å². The molecule has 2 aromatic rings. The molecule has 0 aliphatic rings.